The van der Waals surface area contributed by atoms with Gasteiger partial charge >= 0.3 is 0 Å². The van der Waals surface area contributed by atoms with Crippen molar-refractivity contribution >= 4 is 5.91 Å². The van der Waals surface area contributed by atoms with Crippen molar-refractivity contribution < 1.29 is 9.53 Å². The van der Waals surface area contributed by atoms with Gasteiger partial charge in [0.25, 0.3) is 0 Å². The van der Waals surface area contributed by atoms with Gasteiger partial charge in [0, 0.05) is 25.2 Å². The predicted octanol–water partition coefficient (Wildman–Crippen LogP) is 0.0469. The molecule has 3 fully saturated rings. The zero-order chi connectivity index (χ0) is 13.2. The van der Waals surface area contributed by atoms with E-state index in [-0.39, 0.29) is 17.9 Å². The van der Waals surface area contributed by atoms with Crippen LogP contribution in [0, 0.1) is 5.92 Å². The van der Waals surface area contributed by atoms with Crippen molar-refractivity contribution in [1.82, 2.24) is 9.80 Å². The quantitative estimate of drug-likeness (QED) is 0.768. The van der Waals surface area contributed by atoms with Crippen LogP contribution >= 0.6 is 0 Å². The average Bonchev–Trinajstić information content (AvgIpc) is 3.09. The number of hydrogen-bond donors (Lipinski definition) is 1. The number of nitrogens with two attached hydrogens (primary N) is 1. The van der Waals surface area contributed by atoms with Gasteiger partial charge in [-0.05, 0) is 38.8 Å². The van der Waals surface area contributed by atoms with Gasteiger partial charge in [-0.2, -0.15) is 0 Å². The van der Waals surface area contributed by atoms with Gasteiger partial charge in [0.15, 0.2) is 0 Å². The number of rotatable bonds is 2. The summed E-state index contributed by atoms with van der Waals surface area (Å²) in [6, 6.07) is 0.587. The minimum absolute atomic E-state index is 0.108. The highest BCUT2D eigenvalue weighted by Gasteiger charge is 2.36. The molecule has 2 N–H and O–H groups in total. The number of likely N-dealkylation sites (tertiary alicyclic amines) is 2. The molecule has 0 aromatic carbocycles. The minimum Gasteiger partial charge on any atom is -0.379 e. The van der Waals surface area contributed by atoms with Gasteiger partial charge in [0.05, 0.1) is 19.1 Å². The van der Waals surface area contributed by atoms with Crippen LogP contribution in [-0.2, 0) is 9.53 Å². The Morgan fingerprint density at radius 3 is 2.32 bits per heavy atom. The van der Waals surface area contributed by atoms with Crippen molar-refractivity contribution in [2.45, 2.75) is 37.8 Å². The molecule has 2 unspecified atom stereocenters. The lowest BCUT2D eigenvalue weighted by atomic mass is 9.98. The van der Waals surface area contributed by atoms with E-state index < -0.39 is 0 Å². The van der Waals surface area contributed by atoms with E-state index in [2.05, 4.69) is 4.90 Å². The third-order valence-corrected chi connectivity index (χ3v) is 4.87. The van der Waals surface area contributed by atoms with E-state index in [4.69, 9.17) is 10.5 Å². The van der Waals surface area contributed by atoms with Gasteiger partial charge in [0.1, 0.15) is 0 Å². The molecule has 0 aromatic rings. The van der Waals surface area contributed by atoms with Gasteiger partial charge < -0.3 is 20.3 Å². The Bertz CT molecular complexity index is 323. The van der Waals surface area contributed by atoms with E-state index in [0.717, 1.165) is 25.9 Å². The number of amides is 1. The van der Waals surface area contributed by atoms with Crippen molar-refractivity contribution in [3.05, 3.63) is 0 Å². The molecule has 0 spiro atoms. The third kappa shape index (κ3) is 2.78. The molecule has 3 aliphatic heterocycles. The van der Waals surface area contributed by atoms with Crippen LogP contribution in [0.4, 0.5) is 0 Å². The minimum atomic E-state index is -0.108. The molecular weight excluding hydrogens is 242 g/mol. The second-order valence-corrected chi connectivity index (χ2v) is 6.11. The summed E-state index contributed by atoms with van der Waals surface area (Å²) < 4.78 is 5.30. The zero-order valence-corrected chi connectivity index (χ0v) is 11.6. The van der Waals surface area contributed by atoms with Gasteiger partial charge in [-0.15, -0.1) is 0 Å². The number of nitrogens with zero attached hydrogens (tertiary/aromatic N) is 2. The van der Waals surface area contributed by atoms with E-state index in [1.54, 1.807) is 0 Å². The molecule has 0 bridgehead atoms. The van der Waals surface area contributed by atoms with Crippen LogP contribution in [0.15, 0.2) is 0 Å². The first kappa shape index (κ1) is 13.3. The standard InChI is InChI=1S/C14H25N3O2/c15-13-10-19-9-12(13)14(18)17-7-3-11(4-8-17)16-5-1-2-6-16/h11-13H,1-10,15H2. The van der Waals surface area contributed by atoms with Gasteiger partial charge in [0.2, 0.25) is 5.91 Å². The van der Waals surface area contributed by atoms with E-state index in [9.17, 15) is 4.79 Å². The molecule has 0 aromatic heterocycles. The Labute approximate surface area is 115 Å². The molecule has 108 valence electrons. The molecule has 3 rings (SSSR count). The molecular formula is C14H25N3O2. The molecule has 3 heterocycles. The zero-order valence-electron chi connectivity index (χ0n) is 11.6. The fourth-order valence-corrected chi connectivity index (χ4v) is 3.62. The molecule has 3 aliphatic rings. The fourth-order valence-electron chi connectivity index (χ4n) is 3.62. The summed E-state index contributed by atoms with van der Waals surface area (Å²) in [5.41, 5.74) is 5.93. The Hall–Kier alpha value is -0.650. The first-order chi connectivity index (χ1) is 9.25. The van der Waals surface area contributed by atoms with Gasteiger partial charge in [-0.1, -0.05) is 0 Å². The molecule has 19 heavy (non-hydrogen) atoms. The summed E-state index contributed by atoms with van der Waals surface area (Å²) in [5.74, 6) is 0.105. The lowest BCUT2D eigenvalue weighted by Gasteiger charge is -2.37. The second-order valence-electron chi connectivity index (χ2n) is 6.11. The van der Waals surface area contributed by atoms with Gasteiger partial charge in [-0.3, -0.25) is 4.79 Å². The molecule has 3 saturated heterocycles. The SMILES string of the molecule is NC1COCC1C(=O)N1CCC(N2CCCC2)CC1. The maximum absolute atomic E-state index is 12.4. The van der Waals surface area contributed by atoms with Gasteiger partial charge in [-0.25, -0.2) is 0 Å². The largest absolute Gasteiger partial charge is 0.379 e. The van der Waals surface area contributed by atoms with Crippen LogP contribution < -0.4 is 5.73 Å². The smallest absolute Gasteiger partial charge is 0.229 e. The molecule has 5 heteroatoms. The molecule has 1 amide bonds. The monoisotopic (exact) mass is 267 g/mol. The first-order valence-corrected chi connectivity index (χ1v) is 7.62. The van der Waals surface area contributed by atoms with Crippen LogP contribution in [-0.4, -0.2) is 67.2 Å². The van der Waals surface area contributed by atoms with Crippen LogP contribution in [0.1, 0.15) is 25.7 Å². The maximum atomic E-state index is 12.4. The Balaban J connectivity index is 1.50. The summed E-state index contributed by atoms with van der Waals surface area (Å²) >= 11 is 0. The van der Waals surface area contributed by atoms with Crippen molar-refractivity contribution in [3.8, 4) is 0 Å². The highest BCUT2D eigenvalue weighted by atomic mass is 16.5. The average molecular weight is 267 g/mol. The number of carbonyl (C=O) groups excluding carboxylic acids is 1. The molecule has 0 aliphatic carbocycles. The van der Waals surface area contributed by atoms with Crippen molar-refractivity contribution in [3.63, 3.8) is 0 Å². The molecule has 2 atom stereocenters. The molecule has 0 radical (unpaired) electrons. The predicted molar refractivity (Wildman–Crippen MR) is 72.7 cm³/mol. The van der Waals surface area contributed by atoms with Crippen LogP contribution in [0.2, 0.25) is 0 Å². The lowest BCUT2D eigenvalue weighted by Crippen LogP contribution is -2.50. The van der Waals surface area contributed by atoms with Crippen LogP contribution in [0.3, 0.4) is 0 Å². The third-order valence-electron chi connectivity index (χ3n) is 4.87. The molecule has 5 nitrogen and oxygen atoms in total. The van der Waals surface area contributed by atoms with Crippen LogP contribution in [0.25, 0.3) is 0 Å². The summed E-state index contributed by atoms with van der Waals surface area (Å²) in [6.45, 7) is 5.32. The normalized spacial score (nSPS) is 34.1. The van der Waals surface area contributed by atoms with Crippen LogP contribution in [0.5, 0.6) is 0 Å². The van der Waals surface area contributed by atoms with E-state index in [1.807, 2.05) is 4.90 Å². The summed E-state index contributed by atoms with van der Waals surface area (Å²) in [7, 11) is 0. The van der Waals surface area contributed by atoms with E-state index in [0.29, 0.717) is 19.3 Å². The first-order valence-electron chi connectivity index (χ1n) is 7.62. The van der Waals surface area contributed by atoms with E-state index in [1.165, 1.54) is 25.9 Å². The summed E-state index contributed by atoms with van der Waals surface area (Å²) in [6.07, 6.45) is 4.92. The number of piperidine rings is 1. The number of carbonyl (C=O) groups is 1. The lowest BCUT2D eigenvalue weighted by molar-refractivity contribution is -0.137. The topological polar surface area (TPSA) is 58.8 Å². The summed E-state index contributed by atoms with van der Waals surface area (Å²) in [4.78, 5) is 17.0. The number of hydrogen-bond acceptors (Lipinski definition) is 4. The Kier molecular flexibility index (Phi) is 4.05. The highest BCUT2D eigenvalue weighted by molar-refractivity contribution is 5.80. The fraction of sp³-hybridized carbons (Fsp3) is 0.929. The number of ether oxygens (including phenoxy) is 1. The van der Waals surface area contributed by atoms with Crippen molar-refractivity contribution in [1.29, 1.82) is 0 Å². The second kappa shape index (κ2) is 5.77. The Morgan fingerprint density at radius 1 is 1.05 bits per heavy atom. The highest BCUT2D eigenvalue weighted by Crippen LogP contribution is 2.23. The van der Waals surface area contributed by atoms with E-state index >= 15 is 0 Å². The van der Waals surface area contributed by atoms with Crippen molar-refractivity contribution in [2.24, 2.45) is 11.7 Å². The molecule has 0 saturated carbocycles. The maximum Gasteiger partial charge on any atom is 0.229 e. The van der Waals surface area contributed by atoms with Crippen molar-refractivity contribution in [2.75, 3.05) is 39.4 Å². The summed E-state index contributed by atoms with van der Waals surface area (Å²) in [5, 5.41) is 0. The Morgan fingerprint density at radius 2 is 1.74 bits per heavy atom.